The van der Waals surface area contributed by atoms with E-state index in [1.165, 1.54) is 12.1 Å². The Kier molecular flexibility index (Phi) is 4.82. The fourth-order valence-electron chi connectivity index (χ4n) is 1.34. The Balaban J connectivity index is 2.36. The van der Waals surface area contributed by atoms with Crippen LogP contribution in [0.3, 0.4) is 0 Å². The first-order valence-electron chi connectivity index (χ1n) is 5.35. The minimum Gasteiger partial charge on any atom is -0.308 e. The molecule has 0 aliphatic carbocycles. The molecule has 21 heavy (non-hydrogen) atoms. The molecule has 4 nitrogen and oxygen atoms in total. The summed E-state index contributed by atoms with van der Waals surface area (Å²) in [5.41, 5.74) is 2.07. The second-order valence-corrected chi connectivity index (χ2v) is 5.64. The Morgan fingerprint density at radius 2 is 1.81 bits per heavy atom. The van der Waals surface area contributed by atoms with E-state index in [-0.39, 0.29) is 10.8 Å². The van der Waals surface area contributed by atoms with Crippen LogP contribution < -0.4 is 11.3 Å². The second-order valence-electron chi connectivity index (χ2n) is 3.74. The Hall–Kier alpha value is -1.22. The zero-order chi connectivity index (χ0) is 15.6. The minimum atomic E-state index is -4.67. The van der Waals surface area contributed by atoms with Crippen LogP contribution in [0.5, 0.6) is 0 Å². The van der Waals surface area contributed by atoms with Crippen LogP contribution in [0.2, 0.25) is 10.0 Å². The van der Waals surface area contributed by atoms with Crippen LogP contribution in [0, 0.1) is 0 Å². The lowest BCUT2D eigenvalue weighted by molar-refractivity contribution is -0.145. The first kappa shape index (κ1) is 16.2. The number of nitrogens with two attached hydrogens (primary N) is 1. The van der Waals surface area contributed by atoms with Crippen molar-refractivity contribution in [2.75, 3.05) is 5.43 Å². The molecule has 10 heteroatoms. The van der Waals surface area contributed by atoms with Gasteiger partial charge in [0.1, 0.15) is 10.8 Å². The maximum atomic E-state index is 12.7. The molecule has 0 amide bonds. The quantitative estimate of drug-likeness (QED) is 0.490. The molecule has 0 spiro atoms. The van der Waals surface area contributed by atoms with Crippen molar-refractivity contribution in [2.45, 2.75) is 16.1 Å². The first-order chi connectivity index (χ1) is 9.79. The van der Waals surface area contributed by atoms with Gasteiger partial charge in [0.05, 0.1) is 10.0 Å². The van der Waals surface area contributed by atoms with Crippen molar-refractivity contribution in [3.05, 3.63) is 40.1 Å². The number of rotatable bonds is 3. The number of halogens is 5. The molecule has 112 valence electrons. The molecule has 2 rings (SSSR count). The van der Waals surface area contributed by atoms with Gasteiger partial charge in [-0.25, -0.2) is 15.8 Å². The Bertz CT molecular complexity index is 666. The smallest absolute Gasteiger partial charge is 0.308 e. The van der Waals surface area contributed by atoms with E-state index in [9.17, 15) is 13.2 Å². The maximum absolute atomic E-state index is 12.7. The Morgan fingerprint density at radius 1 is 1.10 bits per heavy atom. The molecule has 1 aromatic carbocycles. The first-order valence-corrected chi connectivity index (χ1v) is 6.92. The topological polar surface area (TPSA) is 63.8 Å². The molecule has 0 atom stereocenters. The van der Waals surface area contributed by atoms with E-state index >= 15 is 0 Å². The van der Waals surface area contributed by atoms with E-state index in [4.69, 9.17) is 29.0 Å². The predicted octanol–water partition coefficient (Wildman–Crippen LogP) is 4.24. The normalized spacial score (nSPS) is 11.5. The SMILES string of the molecule is NNc1cc(Sc2ccc(Cl)c(Cl)c2)nc(C(F)(F)F)n1. The van der Waals surface area contributed by atoms with Gasteiger partial charge < -0.3 is 5.43 Å². The molecule has 1 aromatic heterocycles. The molecular weight excluding hydrogens is 348 g/mol. The summed E-state index contributed by atoms with van der Waals surface area (Å²) in [4.78, 5) is 7.30. The van der Waals surface area contributed by atoms with Crippen molar-refractivity contribution >= 4 is 40.8 Å². The van der Waals surface area contributed by atoms with Crippen LogP contribution in [0.15, 0.2) is 34.2 Å². The molecular formula is C11H7Cl2F3N4S. The van der Waals surface area contributed by atoms with Crippen molar-refractivity contribution in [3.63, 3.8) is 0 Å². The largest absolute Gasteiger partial charge is 0.451 e. The van der Waals surface area contributed by atoms with Crippen molar-refractivity contribution in [1.29, 1.82) is 0 Å². The average molecular weight is 355 g/mol. The van der Waals surface area contributed by atoms with Crippen LogP contribution in [0.4, 0.5) is 19.0 Å². The monoisotopic (exact) mass is 354 g/mol. The molecule has 0 bridgehead atoms. The van der Waals surface area contributed by atoms with Crippen molar-refractivity contribution in [2.24, 2.45) is 5.84 Å². The molecule has 0 aliphatic rings. The van der Waals surface area contributed by atoms with E-state index in [1.54, 1.807) is 12.1 Å². The highest BCUT2D eigenvalue weighted by molar-refractivity contribution is 7.99. The summed E-state index contributed by atoms with van der Waals surface area (Å²) in [5.74, 6) is 3.70. The van der Waals surface area contributed by atoms with Gasteiger partial charge in [-0.3, -0.25) is 0 Å². The fourth-order valence-corrected chi connectivity index (χ4v) is 2.56. The number of anilines is 1. The standard InChI is InChI=1S/C11H7Cl2F3N4S/c12-6-2-1-5(3-7(6)13)21-9-4-8(20-17)18-10(19-9)11(14,15)16/h1-4H,17H2,(H,18,19,20). The number of nitrogen functional groups attached to an aromatic ring is 1. The highest BCUT2D eigenvalue weighted by atomic mass is 35.5. The summed E-state index contributed by atoms with van der Waals surface area (Å²) in [6.07, 6.45) is -4.67. The maximum Gasteiger partial charge on any atom is 0.451 e. The summed E-state index contributed by atoms with van der Waals surface area (Å²) in [5, 5.41) is 0.719. The van der Waals surface area contributed by atoms with Crippen LogP contribution in [-0.2, 0) is 6.18 Å². The van der Waals surface area contributed by atoms with Gasteiger partial charge >= 0.3 is 6.18 Å². The number of alkyl halides is 3. The Labute approximate surface area is 131 Å². The van der Waals surface area contributed by atoms with E-state index in [2.05, 4.69) is 15.4 Å². The summed E-state index contributed by atoms with van der Waals surface area (Å²) >= 11 is 12.6. The molecule has 0 unspecified atom stereocenters. The van der Waals surface area contributed by atoms with Gasteiger partial charge in [-0.05, 0) is 18.2 Å². The number of benzene rings is 1. The number of hydrogen-bond acceptors (Lipinski definition) is 5. The average Bonchev–Trinajstić information content (AvgIpc) is 2.41. The van der Waals surface area contributed by atoms with Crippen molar-refractivity contribution in [1.82, 2.24) is 9.97 Å². The molecule has 0 saturated heterocycles. The molecule has 0 fully saturated rings. The van der Waals surface area contributed by atoms with Gasteiger partial charge in [0.15, 0.2) is 0 Å². The minimum absolute atomic E-state index is 0.0728. The lowest BCUT2D eigenvalue weighted by Gasteiger charge is -2.09. The molecule has 0 saturated carbocycles. The zero-order valence-corrected chi connectivity index (χ0v) is 12.4. The van der Waals surface area contributed by atoms with Crippen molar-refractivity contribution < 1.29 is 13.2 Å². The van der Waals surface area contributed by atoms with E-state index < -0.39 is 12.0 Å². The Morgan fingerprint density at radius 3 is 2.38 bits per heavy atom. The number of hydrazine groups is 1. The van der Waals surface area contributed by atoms with Gasteiger partial charge in [0, 0.05) is 11.0 Å². The number of nitrogens with zero attached hydrogens (tertiary/aromatic N) is 2. The molecule has 1 heterocycles. The molecule has 0 radical (unpaired) electrons. The van der Waals surface area contributed by atoms with E-state index in [1.807, 2.05) is 0 Å². The molecule has 2 aromatic rings. The van der Waals surface area contributed by atoms with Crippen LogP contribution in [-0.4, -0.2) is 9.97 Å². The summed E-state index contributed by atoms with van der Waals surface area (Å²) in [7, 11) is 0. The number of hydrogen-bond donors (Lipinski definition) is 2. The van der Waals surface area contributed by atoms with E-state index in [0.29, 0.717) is 14.9 Å². The number of nitrogens with one attached hydrogen (secondary N) is 1. The van der Waals surface area contributed by atoms with Gasteiger partial charge in [0.25, 0.3) is 0 Å². The van der Waals surface area contributed by atoms with Crippen LogP contribution in [0.25, 0.3) is 0 Å². The zero-order valence-electron chi connectivity index (χ0n) is 10.1. The lowest BCUT2D eigenvalue weighted by atomic mass is 10.4. The second kappa shape index (κ2) is 6.27. The van der Waals surface area contributed by atoms with Gasteiger partial charge in [0.2, 0.25) is 5.82 Å². The van der Waals surface area contributed by atoms with Gasteiger partial charge in [-0.2, -0.15) is 13.2 Å². The summed E-state index contributed by atoms with van der Waals surface area (Å²) in [6.45, 7) is 0. The third-order valence-electron chi connectivity index (χ3n) is 2.22. The van der Waals surface area contributed by atoms with E-state index in [0.717, 1.165) is 11.8 Å². The van der Waals surface area contributed by atoms with Crippen LogP contribution in [0.1, 0.15) is 5.82 Å². The van der Waals surface area contributed by atoms with Gasteiger partial charge in [-0.1, -0.05) is 35.0 Å². The fraction of sp³-hybridized carbons (Fsp3) is 0.0909. The summed E-state index contributed by atoms with van der Waals surface area (Å²) in [6, 6.07) is 5.98. The highest BCUT2D eigenvalue weighted by Crippen LogP contribution is 2.34. The summed E-state index contributed by atoms with van der Waals surface area (Å²) < 4.78 is 38.1. The third kappa shape index (κ3) is 4.13. The number of aromatic nitrogens is 2. The van der Waals surface area contributed by atoms with Crippen molar-refractivity contribution in [3.8, 4) is 0 Å². The lowest BCUT2D eigenvalue weighted by Crippen LogP contribution is -2.16. The third-order valence-corrected chi connectivity index (χ3v) is 3.86. The van der Waals surface area contributed by atoms with Crippen LogP contribution >= 0.6 is 35.0 Å². The molecule has 3 N–H and O–H groups in total. The highest BCUT2D eigenvalue weighted by Gasteiger charge is 2.35. The predicted molar refractivity (Wildman–Crippen MR) is 75.4 cm³/mol. The van der Waals surface area contributed by atoms with Gasteiger partial charge in [-0.15, -0.1) is 0 Å². The molecule has 0 aliphatic heterocycles.